The van der Waals surface area contributed by atoms with E-state index in [1.54, 1.807) is 24.3 Å². The van der Waals surface area contributed by atoms with E-state index in [1.807, 2.05) is 4.90 Å². The van der Waals surface area contributed by atoms with Crippen molar-refractivity contribution >= 4 is 23.2 Å². The van der Waals surface area contributed by atoms with E-state index in [-0.39, 0.29) is 16.6 Å². The van der Waals surface area contributed by atoms with Gasteiger partial charge in [0.05, 0.1) is 0 Å². The van der Waals surface area contributed by atoms with Crippen molar-refractivity contribution in [2.75, 3.05) is 26.2 Å². The lowest BCUT2D eigenvalue weighted by molar-refractivity contribution is 0.0942. The minimum atomic E-state index is -0.259. The van der Waals surface area contributed by atoms with Crippen molar-refractivity contribution in [3.63, 3.8) is 0 Å². The molecular formula is C14H13ClN2O2. The van der Waals surface area contributed by atoms with E-state index in [0.717, 1.165) is 13.1 Å². The number of rotatable bonds is 1. The normalized spacial score (nSPS) is 19.7. The number of nitrogens with zero attached hydrogens (tertiary/aromatic N) is 1. The van der Waals surface area contributed by atoms with Crippen molar-refractivity contribution in [1.82, 2.24) is 10.2 Å². The Morgan fingerprint density at radius 1 is 1.00 bits per heavy atom. The van der Waals surface area contributed by atoms with Gasteiger partial charge in [-0.25, -0.2) is 0 Å². The molecule has 1 saturated heterocycles. The number of carbonyl (C=O) groups is 2. The number of Topliss-reactive ketones (excluding diaryl/α,β-unsaturated/α-hetero) is 2. The first-order valence-electron chi connectivity index (χ1n) is 6.24. The number of hydrogen-bond acceptors (Lipinski definition) is 4. The highest BCUT2D eigenvalue weighted by Crippen LogP contribution is 2.30. The quantitative estimate of drug-likeness (QED) is 0.843. The predicted octanol–water partition coefficient (Wildman–Crippen LogP) is 1.42. The van der Waals surface area contributed by atoms with Crippen molar-refractivity contribution in [1.29, 1.82) is 0 Å². The van der Waals surface area contributed by atoms with E-state index in [0.29, 0.717) is 29.9 Å². The highest BCUT2D eigenvalue weighted by molar-refractivity contribution is 6.49. The molecule has 98 valence electrons. The molecule has 1 aliphatic carbocycles. The Morgan fingerprint density at radius 3 is 2.21 bits per heavy atom. The summed E-state index contributed by atoms with van der Waals surface area (Å²) in [6.07, 6.45) is 0. The Labute approximate surface area is 116 Å². The maximum Gasteiger partial charge on any atom is 0.211 e. The number of nitrogens with one attached hydrogen (secondary N) is 1. The molecule has 5 heteroatoms. The van der Waals surface area contributed by atoms with Crippen LogP contribution in [0.15, 0.2) is 35.0 Å². The van der Waals surface area contributed by atoms with Gasteiger partial charge in [0.1, 0.15) is 10.7 Å². The summed E-state index contributed by atoms with van der Waals surface area (Å²) in [5.74, 6) is -0.410. The maximum atomic E-state index is 12.5. The number of piperazine rings is 1. The SMILES string of the molecule is O=C1C(Cl)=C(N2CCNCC2)C(=O)c2ccccc21. The molecule has 3 rings (SSSR count). The van der Waals surface area contributed by atoms with Crippen LogP contribution in [-0.2, 0) is 0 Å². The molecule has 0 aromatic heterocycles. The molecule has 1 aliphatic heterocycles. The van der Waals surface area contributed by atoms with Crippen LogP contribution in [-0.4, -0.2) is 42.6 Å². The summed E-state index contributed by atoms with van der Waals surface area (Å²) in [6, 6.07) is 6.83. The van der Waals surface area contributed by atoms with Crippen molar-refractivity contribution in [3.05, 3.63) is 46.1 Å². The van der Waals surface area contributed by atoms with E-state index in [9.17, 15) is 9.59 Å². The molecule has 19 heavy (non-hydrogen) atoms. The van der Waals surface area contributed by atoms with Gasteiger partial charge in [-0.15, -0.1) is 0 Å². The minimum Gasteiger partial charge on any atom is -0.364 e. The van der Waals surface area contributed by atoms with Crippen LogP contribution in [0.5, 0.6) is 0 Å². The largest absolute Gasteiger partial charge is 0.364 e. The summed E-state index contributed by atoms with van der Waals surface area (Å²) in [5, 5.41) is 3.26. The van der Waals surface area contributed by atoms with Gasteiger partial charge in [-0.05, 0) is 0 Å². The van der Waals surface area contributed by atoms with Crippen LogP contribution in [0.1, 0.15) is 20.7 Å². The van der Waals surface area contributed by atoms with Crippen LogP contribution in [0.3, 0.4) is 0 Å². The fourth-order valence-corrected chi connectivity index (χ4v) is 2.81. The fraction of sp³-hybridized carbons (Fsp3) is 0.286. The number of hydrogen-bond donors (Lipinski definition) is 1. The highest BCUT2D eigenvalue weighted by atomic mass is 35.5. The Hall–Kier alpha value is -1.65. The summed E-state index contributed by atoms with van der Waals surface area (Å²) in [7, 11) is 0. The van der Waals surface area contributed by atoms with Crippen molar-refractivity contribution in [2.24, 2.45) is 0 Å². The van der Waals surface area contributed by atoms with Gasteiger partial charge in [-0.3, -0.25) is 9.59 Å². The number of halogens is 1. The lowest BCUT2D eigenvalue weighted by Crippen LogP contribution is -2.45. The van der Waals surface area contributed by atoms with Gasteiger partial charge in [0.15, 0.2) is 0 Å². The molecule has 2 aliphatic rings. The van der Waals surface area contributed by atoms with Crippen LogP contribution < -0.4 is 5.32 Å². The lowest BCUT2D eigenvalue weighted by Gasteiger charge is -2.33. The van der Waals surface area contributed by atoms with Gasteiger partial charge in [-0.2, -0.15) is 0 Å². The number of ketones is 2. The van der Waals surface area contributed by atoms with Gasteiger partial charge in [0.25, 0.3) is 0 Å². The van der Waals surface area contributed by atoms with Crippen LogP contribution in [0, 0.1) is 0 Å². The van der Waals surface area contributed by atoms with E-state index in [4.69, 9.17) is 11.6 Å². The summed E-state index contributed by atoms with van der Waals surface area (Å²) >= 11 is 6.14. The molecule has 0 spiro atoms. The molecule has 4 nitrogen and oxygen atoms in total. The molecular weight excluding hydrogens is 264 g/mol. The molecule has 1 fully saturated rings. The molecule has 1 heterocycles. The summed E-state index contributed by atoms with van der Waals surface area (Å²) in [4.78, 5) is 26.6. The first-order chi connectivity index (χ1) is 9.20. The van der Waals surface area contributed by atoms with Crippen LogP contribution >= 0.6 is 11.6 Å². The van der Waals surface area contributed by atoms with Gasteiger partial charge >= 0.3 is 0 Å². The zero-order valence-corrected chi connectivity index (χ0v) is 11.0. The monoisotopic (exact) mass is 276 g/mol. The van der Waals surface area contributed by atoms with E-state index < -0.39 is 0 Å². The minimum absolute atomic E-state index is 0.0469. The van der Waals surface area contributed by atoms with Gasteiger partial charge < -0.3 is 10.2 Å². The molecule has 1 aromatic rings. The molecule has 0 bridgehead atoms. The lowest BCUT2D eigenvalue weighted by atomic mass is 9.91. The summed E-state index contributed by atoms with van der Waals surface area (Å²) in [6.45, 7) is 2.95. The average Bonchev–Trinajstić information content (AvgIpc) is 2.46. The zero-order chi connectivity index (χ0) is 13.4. The Balaban J connectivity index is 2.07. The smallest absolute Gasteiger partial charge is 0.211 e. The van der Waals surface area contributed by atoms with Crippen LogP contribution in [0.4, 0.5) is 0 Å². The second-order valence-corrected chi connectivity index (χ2v) is 4.98. The molecule has 1 N–H and O–H groups in total. The number of fused-ring (bicyclic) bond motifs is 1. The molecule has 0 atom stereocenters. The standard InChI is InChI=1S/C14H13ClN2O2/c15-11-12(17-7-5-16-6-8-17)14(19)10-4-2-1-3-9(10)13(11)18/h1-4,16H,5-8H2. The average molecular weight is 277 g/mol. The van der Waals surface area contributed by atoms with Gasteiger partial charge in [0.2, 0.25) is 11.6 Å². The van der Waals surface area contributed by atoms with Gasteiger partial charge in [-0.1, -0.05) is 35.9 Å². The Kier molecular flexibility index (Phi) is 3.12. The predicted molar refractivity (Wildman–Crippen MR) is 72.4 cm³/mol. The Bertz CT molecular complexity index is 589. The second-order valence-electron chi connectivity index (χ2n) is 4.60. The maximum absolute atomic E-state index is 12.5. The Morgan fingerprint density at radius 2 is 1.58 bits per heavy atom. The zero-order valence-electron chi connectivity index (χ0n) is 10.3. The number of allylic oxidation sites excluding steroid dienone is 2. The highest BCUT2D eigenvalue weighted by Gasteiger charge is 2.34. The molecule has 0 unspecified atom stereocenters. The topological polar surface area (TPSA) is 49.4 Å². The summed E-state index contributed by atoms with van der Waals surface area (Å²) in [5.41, 5.74) is 1.20. The third-order valence-electron chi connectivity index (χ3n) is 3.47. The third kappa shape index (κ3) is 1.97. The number of benzene rings is 1. The summed E-state index contributed by atoms with van der Waals surface area (Å²) < 4.78 is 0. The van der Waals surface area contributed by atoms with Crippen molar-refractivity contribution in [3.8, 4) is 0 Å². The van der Waals surface area contributed by atoms with Crippen molar-refractivity contribution in [2.45, 2.75) is 0 Å². The first kappa shape index (κ1) is 12.4. The first-order valence-corrected chi connectivity index (χ1v) is 6.62. The van der Waals surface area contributed by atoms with Crippen molar-refractivity contribution < 1.29 is 9.59 Å². The van der Waals surface area contributed by atoms with Gasteiger partial charge in [0, 0.05) is 37.3 Å². The third-order valence-corrected chi connectivity index (χ3v) is 3.82. The van der Waals surface area contributed by atoms with E-state index >= 15 is 0 Å². The second kappa shape index (κ2) is 4.79. The fourth-order valence-electron chi connectivity index (χ4n) is 2.50. The van der Waals surface area contributed by atoms with Crippen LogP contribution in [0.25, 0.3) is 0 Å². The molecule has 0 saturated carbocycles. The van der Waals surface area contributed by atoms with E-state index in [2.05, 4.69) is 5.32 Å². The van der Waals surface area contributed by atoms with E-state index in [1.165, 1.54) is 0 Å². The number of carbonyl (C=O) groups excluding carboxylic acids is 2. The molecule has 1 aromatic carbocycles. The van der Waals surface area contributed by atoms with Crippen LogP contribution in [0.2, 0.25) is 0 Å². The molecule has 0 amide bonds. The molecule has 0 radical (unpaired) electrons.